The maximum absolute atomic E-state index is 12.9. The molecule has 0 saturated carbocycles. The lowest BCUT2D eigenvalue weighted by Crippen LogP contribution is -2.54. The number of amides is 4. The molecule has 4 rings (SSSR count). The molecule has 1 aromatic heterocycles. The first-order valence-electron chi connectivity index (χ1n) is 8.45. The summed E-state index contributed by atoms with van der Waals surface area (Å²) in [5.74, 6) is -0.579. The molecule has 0 spiro atoms. The third kappa shape index (κ3) is 3.94. The summed E-state index contributed by atoms with van der Waals surface area (Å²) in [6, 6.07) is 16.8. The number of imide groups is 2. The Morgan fingerprint density at radius 1 is 0.897 bits per heavy atom. The van der Waals surface area contributed by atoms with E-state index in [0.717, 1.165) is 14.9 Å². The first kappa shape index (κ1) is 19.4. The van der Waals surface area contributed by atoms with Gasteiger partial charge in [-0.2, -0.15) is 0 Å². The van der Waals surface area contributed by atoms with Crippen molar-refractivity contribution in [1.82, 2.24) is 5.32 Å². The van der Waals surface area contributed by atoms with Crippen LogP contribution in [0.2, 0.25) is 0 Å². The zero-order valence-electron chi connectivity index (χ0n) is 14.7. The fourth-order valence-electron chi connectivity index (χ4n) is 2.85. The van der Waals surface area contributed by atoms with Crippen molar-refractivity contribution in [3.63, 3.8) is 0 Å². The lowest BCUT2D eigenvalue weighted by molar-refractivity contribution is -0.122. The molecule has 1 aliphatic heterocycles. The molecule has 0 bridgehead atoms. The summed E-state index contributed by atoms with van der Waals surface area (Å²) in [7, 11) is 0. The minimum Gasteiger partial charge on any atom is -0.457 e. The van der Waals surface area contributed by atoms with Crippen molar-refractivity contribution in [2.75, 3.05) is 4.90 Å². The van der Waals surface area contributed by atoms with Crippen molar-refractivity contribution < 1.29 is 18.8 Å². The average molecular weight is 516 g/mol. The summed E-state index contributed by atoms with van der Waals surface area (Å²) in [6.45, 7) is 0. The molecule has 3 aromatic rings. The van der Waals surface area contributed by atoms with Gasteiger partial charge in [0.2, 0.25) is 0 Å². The van der Waals surface area contributed by atoms with Gasteiger partial charge >= 0.3 is 6.03 Å². The molecule has 2 aromatic carbocycles. The Bertz CT molecular complexity index is 1170. The van der Waals surface area contributed by atoms with Crippen LogP contribution in [0.1, 0.15) is 5.76 Å². The van der Waals surface area contributed by atoms with Crippen molar-refractivity contribution in [3.05, 3.63) is 80.9 Å². The van der Waals surface area contributed by atoms with Gasteiger partial charge < -0.3 is 4.42 Å². The Labute approximate surface area is 182 Å². The number of anilines is 1. The SMILES string of the molecule is O=C1NC(=O)N(c2cccc(Br)c2)C(=O)/C1=C\c1ccc(-c2ccc(Br)cc2)o1. The molecule has 6 nitrogen and oxygen atoms in total. The second-order valence-electron chi connectivity index (χ2n) is 6.15. The summed E-state index contributed by atoms with van der Waals surface area (Å²) >= 11 is 6.69. The quantitative estimate of drug-likeness (QED) is 0.387. The zero-order valence-corrected chi connectivity index (χ0v) is 17.9. The topological polar surface area (TPSA) is 79.6 Å². The minimum absolute atomic E-state index is 0.193. The van der Waals surface area contributed by atoms with E-state index in [1.165, 1.54) is 6.08 Å². The van der Waals surface area contributed by atoms with E-state index in [-0.39, 0.29) is 5.57 Å². The van der Waals surface area contributed by atoms with Gasteiger partial charge in [0, 0.05) is 14.5 Å². The van der Waals surface area contributed by atoms with Crippen LogP contribution >= 0.6 is 31.9 Å². The molecule has 0 radical (unpaired) electrons. The van der Waals surface area contributed by atoms with Crippen molar-refractivity contribution >= 4 is 61.5 Å². The molecule has 8 heteroatoms. The molecular formula is C21H12Br2N2O4. The number of hydrogen-bond donors (Lipinski definition) is 1. The van der Waals surface area contributed by atoms with Crippen molar-refractivity contribution in [2.24, 2.45) is 0 Å². The van der Waals surface area contributed by atoms with Crippen molar-refractivity contribution in [1.29, 1.82) is 0 Å². The highest BCUT2D eigenvalue weighted by Crippen LogP contribution is 2.27. The Morgan fingerprint density at radius 3 is 2.38 bits per heavy atom. The smallest absolute Gasteiger partial charge is 0.335 e. The maximum atomic E-state index is 12.9. The maximum Gasteiger partial charge on any atom is 0.335 e. The largest absolute Gasteiger partial charge is 0.457 e. The van der Waals surface area contributed by atoms with E-state index >= 15 is 0 Å². The first-order chi connectivity index (χ1) is 13.9. The van der Waals surface area contributed by atoms with E-state index in [0.29, 0.717) is 21.7 Å². The van der Waals surface area contributed by atoms with E-state index in [1.807, 2.05) is 24.3 Å². The molecular weight excluding hydrogens is 504 g/mol. The highest BCUT2D eigenvalue weighted by molar-refractivity contribution is 9.10. The van der Waals surface area contributed by atoms with Gasteiger partial charge in [-0.1, -0.05) is 50.1 Å². The summed E-state index contributed by atoms with van der Waals surface area (Å²) in [6.07, 6.45) is 1.33. The second-order valence-corrected chi connectivity index (χ2v) is 7.98. The van der Waals surface area contributed by atoms with E-state index in [4.69, 9.17) is 4.42 Å². The monoisotopic (exact) mass is 514 g/mol. The Kier molecular flexibility index (Phi) is 5.21. The lowest BCUT2D eigenvalue weighted by atomic mass is 10.1. The van der Waals surface area contributed by atoms with Crippen molar-refractivity contribution in [2.45, 2.75) is 0 Å². The number of carbonyl (C=O) groups excluding carboxylic acids is 3. The van der Waals surface area contributed by atoms with E-state index < -0.39 is 17.8 Å². The van der Waals surface area contributed by atoms with Gasteiger partial charge in [0.15, 0.2) is 0 Å². The average Bonchev–Trinajstić information content (AvgIpc) is 3.14. The van der Waals surface area contributed by atoms with Gasteiger partial charge in [0.1, 0.15) is 17.1 Å². The summed E-state index contributed by atoms with van der Waals surface area (Å²) in [5.41, 5.74) is 1.000. The van der Waals surface area contributed by atoms with E-state index in [1.54, 1.807) is 36.4 Å². The van der Waals surface area contributed by atoms with E-state index in [9.17, 15) is 14.4 Å². The number of furan rings is 1. The lowest BCUT2D eigenvalue weighted by Gasteiger charge is -2.26. The highest BCUT2D eigenvalue weighted by Gasteiger charge is 2.37. The molecule has 0 unspecified atom stereocenters. The van der Waals surface area contributed by atoms with E-state index in [2.05, 4.69) is 37.2 Å². The summed E-state index contributed by atoms with van der Waals surface area (Å²) in [4.78, 5) is 38.3. The fourth-order valence-corrected chi connectivity index (χ4v) is 3.50. The number of nitrogens with one attached hydrogen (secondary N) is 1. The molecule has 1 N–H and O–H groups in total. The number of carbonyl (C=O) groups is 3. The third-order valence-corrected chi connectivity index (χ3v) is 5.23. The first-order valence-corrected chi connectivity index (χ1v) is 10.0. The van der Waals surface area contributed by atoms with Crippen LogP contribution in [0.5, 0.6) is 0 Å². The fraction of sp³-hybridized carbons (Fsp3) is 0. The summed E-state index contributed by atoms with van der Waals surface area (Å²) < 4.78 is 7.40. The van der Waals surface area contributed by atoms with Crippen LogP contribution in [-0.2, 0) is 9.59 Å². The number of halogens is 2. The number of urea groups is 1. The number of nitrogens with zero attached hydrogens (tertiary/aromatic N) is 1. The molecule has 144 valence electrons. The predicted molar refractivity (Wildman–Crippen MR) is 115 cm³/mol. The molecule has 1 fully saturated rings. The molecule has 2 heterocycles. The molecule has 29 heavy (non-hydrogen) atoms. The molecule has 1 aliphatic rings. The van der Waals surface area contributed by atoms with Crippen LogP contribution in [0.15, 0.2) is 79.6 Å². The molecule has 1 saturated heterocycles. The summed E-state index contributed by atoms with van der Waals surface area (Å²) in [5, 5.41) is 2.19. The zero-order chi connectivity index (χ0) is 20.5. The predicted octanol–water partition coefficient (Wildman–Crippen LogP) is 5.14. The van der Waals surface area contributed by atoms with Gasteiger partial charge in [-0.15, -0.1) is 0 Å². The second kappa shape index (κ2) is 7.81. The van der Waals surface area contributed by atoms with Crippen LogP contribution in [0.3, 0.4) is 0 Å². The standard InChI is InChI=1S/C21H12Br2N2O4/c22-13-6-4-12(5-7-13)18-9-8-16(29-18)11-17-19(26)24-21(28)25(20(17)27)15-3-1-2-14(23)10-15/h1-11H,(H,24,26,28)/b17-11-. The van der Waals surface area contributed by atoms with Gasteiger partial charge in [-0.3, -0.25) is 14.9 Å². The van der Waals surface area contributed by atoms with Gasteiger partial charge in [-0.25, -0.2) is 9.69 Å². The minimum atomic E-state index is -0.801. The van der Waals surface area contributed by atoms with Crippen LogP contribution < -0.4 is 10.2 Å². The number of benzene rings is 2. The van der Waals surface area contributed by atoms with Gasteiger partial charge in [-0.05, 0) is 48.5 Å². The number of barbiturate groups is 1. The highest BCUT2D eigenvalue weighted by atomic mass is 79.9. The van der Waals surface area contributed by atoms with Crippen LogP contribution in [-0.4, -0.2) is 17.8 Å². The van der Waals surface area contributed by atoms with Gasteiger partial charge in [0.05, 0.1) is 5.69 Å². The molecule has 0 aliphatic carbocycles. The van der Waals surface area contributed by atoms with Crippen LogP contribution in [0.4, 0.5) is 10.5 Å². The van der Waals surface area contributed by atoms with Gasteiger partial charge in [0.25, 0.3) is 11.8 Å². The Morgan fingerprint density at radius 2 is 1.66 bits per heavy atom. The Hall–Kier alpha value is -2.97. The number of hydrogen-bond acceptors (Lipinski definition) is 4. The molecule has 4 amide bonds. The third-order valence-electron chi connectivity index (χ3n) is 4.21. The van der Waals surface area contributed by atoms with Crippen LogP contribution in [0.25, 0.3) is 17.4 Å². The van der Waals surface area contributed by atoms with Crippen molar-refractivity contribution in [3.8, 4) is 11.3 Å². The number of rotatable bonds is 3. The Balaban J connectivity index is 1.67. The molecule has 0 atom stereocenters. The normalized spacial score (nSPS) is 15.7. The van der Waals surface area contributed by atoms with Crippen LogP contribution in [0, 0.1) is 0 Å².